The molecule has 1 fully saturated rings. The number of rotatable bonds is 8. The van der Waals surface area contributed by atoms with Crippen LogP contribution in [0.2, 0.25) is 0 Å². The van der Waals surface area contributed by atoms with E-state index in [9.17, 15) is 23.1 Å². The number of nitrogens with zero attached hydrogens (tertiary/aromatic N) is 1. The van der Waals surface area contributed by atoms with Crippen LogP contribution in [0.5, 0.6) is 0 Å². The average Bonchev–Trinajstić information content (AvgIpc) is 3.15. The number of hydrogen-bond donors (Lipinski definition) is 1. The van der Waals surface area contributed by atoms with Crippen LogP contribution in [-0.2, 0) is 29.8 Å². The van der Waals surface area contributed by atoms with Crippen molar-refractivity contribution in [1.82, 2.24) is 4.90 Å². The molecular formula is C24H29NO6S. The Balaban J connectivity index is 1.80. The minimum Gasteiger partial charge on any atom is -0.453 e. The second-order valence-corrected chi connectivity index (χ2v) is 10.7. The Bertz CT molecular complexity index is 997. The summed E-state index contributed by atoms with van der Waals surface area (Å²) in [5.41, 5.74) is -1.43. The molecule has 1 aliphatic heterocycles. The Morgan fingerprint density at radius 3 is 2.03 bits per heavy atom. The van der Waals surface area contributed by atoms with Crippen molar-refractivity contribution in [2.45, 2.75) is 31.9 Å². The molecule has 0 saturated carbocycles. The molecule has 8 heteroatoms. The van der Waals surface area contributed by atoms with Crippen LogP contribution in [0.25, 0.3) is 0 Å². The number of amides is 1. The second kappa shape index (κ2) is 9.83. The molecule has 1 N–H and O–H groups in total. The Morgan fingerprint density at radius 2 is 1.59 bits per heavy atom. The summed E-state index contributed by atoms with van der Waals surface area (Å²) in [4.78, 5) is 27.5. The average molecular weight is 460 g/mol. The fourth-order valence-electron chi connectivity index (χ4n) is 3.94. The molecule has 2 aromatic rings. The number of carbonyl (C=O) groups is 2. The van der Waals surface area contributed by atoms with Gasteiger partial charge < -0.3 is 14.7 Å². The summed E-state index contributed by atoms with van der Waals surface area (Å²) in [6.07, 6.45) is 0.368. The Hall–Kier alpha value is -2.71. The highest BCUT2D eigenvalue weighted by Gasteiger charge is 2.42. The molecule has 172 valence electrons. The van der Waals surface area contributed by atoms with Crippen molar-refractivity contribution >= 4 is 21.7 Å². The van der Waals surface area contributed by atoms with Gasteiger partial charge in [-0.05, 0) is 23.5 Å². The van der Waals surface area contributed by atoms with Crippen LogP contribution < -0.4 is 0 Å². The number of hydrogen-bond acceptors (Lipinski definition) is 6. The third-order valence-electron chi connectivity index (χ3n) is 5.54. The molecule has 2 aromatic carbocycles. The lowest BCUT2D eigenvalue weighted by atomic mass is 9.86. The summed E-state index contributed by atoms with van der Waals surface area (Å²) in [6.45, 7) is 3.64. The summed E-state index contributed by atoms with van der Waals surface area (Å²) < 4.78 is 29.1. The number of aliphatic hydroxyl groups is 1. The topological polar surface area (TPSA) is 101 Å². The minimum absolute atomic E-state index is 0.0428. The first kappa shape index (κ1) is 23.9. The lowest BCUT2D eigenvalue weighted by Crippen LogP contribution is -2.46. The zero-order valence-electron chi connectivity index (χ0n) is 18.3. The molecule has 0 spiro atoms. The molecule has 0 aliphatic carbocycles. The highest BCUT2D eigenvalue weighted by molar-refractivity contribution is 7.91. The molecule has 1 amide bonds. The number of esters is 1. The van der Waals surface area contributed by atoms with Crippen molar-refractivity contribution in [1.29, 1.82) is 0 Å². The zero-order chi connectivity index (χ0) is 23.4. The van der Waals surface area contributed by atoms with E-state index in [0.29, 0.717) is 24.1 Å². The smallest absolute Gasteiger partial charge is 0.348 e. The summed E-state index contributed by atoms with van der Waals surface area (Å²) in [5, 5.41) is 11.4. The van der Waals surface area contributed by atoms with E-state index in [4.69, 9.17) is 4.74 Å². The molecule has 1 heterocycles. The van der Waals surface area contributed by atoms with Crippen LogP contribution in [0.4, 0.5) is 0 Å². The molecule has 1 unspecified atom stereocenters. The lowest BCUT2D eigenvalue weighted by Gasteiger charge is -2.31. The van der Waals surface area contributed by atoms with E-state index in [-0.39, 0.29) is 17.4 Å². The highest BCUT2D eigenvalue weighted by Crippen LogP contribution is 2.31. The van der Waals surface area contributed by atoms with E-state index in [1.54, 1.807) is 60.7 Å². The third kappa shape index (κ3) is 5.37. The quantitative estimate of drug-likeness (QED) is 0.607. The van der Waals surface area contributed by atoms with Crippen LogP contribution in [0.15, 0.2) is 60.7 Å². The predicted molar refractivity (Wildman–Crippen MR) is 120 cm³/mol. The summed E-state index contributed by atoms with van der Waals surface area (Å²) in [5.74, 6) is -1.37. The highest BCUT2D eigenvalue weighted by atomic mass is 32.2. The van der Waals surface area contributed by atoms with Crippen LogP contribution in [0.1, 0.15) is 31.4 Å². The molecule has 1 aliphatic rings. The van der Waals surface area contributed by atoms with E-state index in [0.717, 1.165) is 0 Å². The van der Waals surface area contributed by atoms with Crippen LogP contribution in [0, 0.1) is 5.92 Å². The second-order valence-electron chi connectivity index (χ2n) is 8.52. The van der Waals surface area contributed by atoms with Crippen molar-refractivity contribution in [2.75, 3.05) is 24.7 Å². The summed E-state index contributed by atoms with van der Waals surface area (Å²) in [7, 11) is -3.18. The molecule has 32 heavy (non-hydrogen) atoms. The lowest BCUT2D eigenvalue weighted by molar-refractivity contribution is -0.167. The maximum absolute atomic E-state index is 13.1. The normalized spacial score (nSPS) is 17.8. The van der Waals surface area contributed by atoms with Crippen LogP contribution in [0.3, 0.4) is 0 Å². The molecule has 0 aromatic heterocycles. The van der Waals surface area contributed by atoms with Crippen molar-refractivity contribution in [3.8, 4) is 0 Å². The van der Waals surface area contributed by atoms with E-state index in [2.05, 4.69) is 0 Å². The molecule has 1 atom stereocenters. The largest absolute Gasteiger partial charge is 0.453 e. The van der Waals surface area contributed by atoms with Gasteiger partial charge in [0.15, 0.2) is 16.4 Å². The fraction of sp³-hybridized carbons (Fsp3) is 0.417. The number of sulfone groups is 1. The monoisotopic (exact) mass is 459 g/mol. The first-order valence-corrected chi connectivity index (χ1v) is 12.5. The number of carbonyl (C=O) groups excluding carboxylic acids is 2. The third-order valence-corrected chi connectivity index (χ3v) is 7.29. The SMILES string of the molecule is CC(C)CN(C(=O)COC(=O)C(O)(c1ccccc1)c1ccccc1)C1CCS(=O)(=O)C1. The van der Waals surface area contributed by atoms with Gasteiger partial charge in [-0.25, -0.2) is 13.2 Å². The number of benzene rings is 2. The molecule has 0 bridgehead atoms. The van der Waals surface area contributed by atoms with Gasteiger partial charge in [0.25, 0.3) is 5.91 Å². The van der Waals surface area contributed by atoms with Gasteiger partial charge in [-0.1, -0.05) is 74.5 Å². The van der Waals surface area contributed by atoms with Crippen molar-refractivity contribution in [3.63, 3.8) is 0 Å². The first-order valence-electron chi connectivity index (χ1n) is 10.6. The molecule has 1 saturated heterocycles. The van der Waals surface area contributed by atoms with Gasteiger partial charge in [0.1, 0.15) is 0 Å². The maximum atomic E-state index is 13.1. The van der Waals surface area contributed by atoms with Crippen molar-refractivity contribution in [3.05, 3.63) is 71.8 Å². The minimum atomic E-state index is -3.18. The van der Waals surface area contributed by atoms with E-state index in [1.165, 1.54) is 4.90 Å². The van der Waals surface area contributed by atoms with E-state index < -0.39 is 40.0 Å². The first-order chi connectivity index (χ1) is 15.1. The van der Waals surface area contributed by atoms with Crippen LogP contribution >= 0.6 is 0 Å². The Morgan fingerprint density at radius 1 is 1.06 bits per heavy atom. The molecule has 7 nitrogen and oxygen atoms in total. The zero-order valence-corrected chi connectivity index (χ0v) is 19.1. The fourth-order valence-corrected chi connectivity index (χ4v) is 5.68. The van der Waals surface area contributed by atoms with Gasteiger partial charge in [0.2, 0.25) is 5.60 Å². The van der Waals surface area contributed by atoms with Crippen molar-refractivity contribution in [2.24, 2.45) is 5.92 Å². The van der Waals surface area contributed by atoms with Gasteiger partial charge in [-0.15, -0.1) is 0 Å². The Labute approximate surface area is 188 Å². The summed E-state index contributed by atoms with van der Waals surface area (Å²) >= 11 is 0. The van der Waals surface area contributed by atoms with Gasteiger partial charge >= 0.3 is 5.97 Å². The Kier molecular flexibility index (Phi) is 7.36. The molecule has 3 rings (SSSR count). The number of ether oxygens (including phenoxy) is 1. The molecular weight excluding hydrogens is 430 g/mol. The van der Waals surface area contributed by atoms with Gasteiger partial charge in [-0.2, -0.15) is 0 Å². The van der Waals surface area contributed by atoms with Gasteiger partial charge in [0.05, 0.1) is 11.5 Å². The van der Waals surface area contributed by atoms with Crippen LogP contribution in [-0.4, -0.2) is 61.0 Å². The maximum Gasteiger partial charge on any atom is 0.348 e. The predicted octanol–water partition coefficient (Wildman–Crippen LogP) is 2.14. The van der Waals surface area contributed by atoms with E-state index in [1.807, 2.05) is 13.8 Å². The summed E-state index contributed by atoms with van der Waals surface area (Å²) in [6, 6.07) is 16.4. The molecule has 0 radical (unpaired) electrons. The van der Waals surface area contributed by atoms with E-state index >= 15 is 0 Å². The van der Waals surface area contributed by atoms with Crippen molar-refractivity contribution < 1.29 is 27.9 Å². The van der Waals surface area contributed by atoms with Gasteiger partial charge in [0, 0.05) is 12.6 Å². The standard InChI is InChI=1S/C24H29NO6S/c1-18(2)15-25(21-13-14-32(29,30)17-21)22(26)16-31-23(27)24(28,19-9-5-3-6-10-19)20-11-7-4-8-12-20/h3-12,18,21,28H,13-17H2,1-2H3. The van der Waals surface area contributed by atoms with Gasteiger partial charge in [-0.3, -0.25) is 4.79 Å².